The van der Waals surface area contributed by atoms with Crippen LogP contribution in [0, 0.1) is 33.6 Å². The summed E-state index contributed by atoms with van der Waals surface area (Å²) < 4.78 is 10.8. The molecule has 0 heterocycles. The van der Waals surface area contributed by atoms with Gasteiger partial charge in [0, 0.05) is 11.5 Å². The zero-order valence-corrected chi connectivity index (χ0v) is 17.8. The Morgan fingerprint density at radius 1 is 0.808 bits per heavy atom. The van der Waals surface area contributed by atoms with E-state index in [0.29, 0.717) is 0 Å². The van der Waals surface area contributed by atoms with Gasteiger partial charge in [0.1, 0.15) is 5.75 Å². The van der Waals surface area contributed by atoms with Gasteiger partial charge in [0.25, 0.3) is 5.95 Å². The van der Waals surface area contributed by atoms with Crippen molar-refractivity contribution < 1.29 is 14.6 Å². The molecule has 1 aliphatic carbocycles. The second kappa shape index (κ2) is 7.22. The van der Waals surface area contributed by atoms with Crippen LogP contribution in [0.2, 0.25) is 0 Å². The smallest absolute Gasteiger partial charge is 0.280 e. The lowest BCUT2D eigenvalue weighted by molar-refractivity contribution is 0.129. The molecule has 1 aliphatic rings. The first-order valence-electron chi connectivity index (χ1n) is 9.10. The second-order valence-electron chi connectivity index (χ2n) is 7.36. The molecular formula is C23H32O3. The normalized spacial score (nSPS) is 19.8. The van der Waals surface area contributed by atoms with Gasteiger partial charge in [-0.1, -0.05) is 12.5 Å². The molecule has 0 fully saturated rings. The van der Waals surface area contributed by atoms with E-state index in [0.717, 1.165) is 16.9 Å². The minimum atomic E-state index is 0.0169. The number of aliphatic hydroxyl groups excluding tert-OH is 1. The van der Waals surface area contributed by atoms with E-state index >= 15 is 0 Å². The summed E-state index contributed by atoms with van der Waals surface area (Å²) in [4.78, 5) is 0. The molecule has 1 unspecified atom stereocenters. The van der Waals surface area contributed by atoms with E-state index < -0.39 is 0 Å². The third kappa shape index (κ3) is 2.84. The summed E-state index contributed by atoms with van der Waals surface area (Å²) in [5.74, 6) is 1.08. The highest BCUT2D eigenvalue weighted by Gasteiger charge is 2.30. The Balaban J connectivity index is 2.89. The van der Waals surface area contributed by atoms with Crippen LogP contribution in [0.15, 0.2) is 28.2 Å². The number of ether oxygens (including phenoxy) is 2. The molecule has 0 saturated heterocycles. The van der Waals surface area contributed by atoms with E-state index in [2.05, 4.69) is 55.4 Å². The van der Waals surface area contributed by atoms with Gasteiger partial charge >= 0.3 is 0 Å². The van der Waals surface area contributed by atoms with E-state index in [1.807, 2.05) is 0 Å². The summed E-state index contributed by atoms with van der Waals surface area (Å²) in [6.07, 6.45) is 0. The second-order valence-corrected chi connectivity index (χ2v) is 7.36. The molecule has 1 aromatic carbocycles. The minimum absolute atomic E-state index is 0.0169. The van der Waals surface area contributed by atoms with Gasteiger partial charge in [0.2, 0.25) is 0 Å². The molecule has 3 nitrogen and oxygen atoms in total. The summed E-state index contributed by atoms with van der Waals surface area (Å²) in [5, 5.41) is 10.3. The first kappa shape index (κ1) is 20.2. The van der Waals surface area contributed by atoms with Crippen LogP contribution in [0.3, 0.4) is 0 Å². The first-order chi connectivity index (χ1) is 12.1. The Bertz CT molecular complexity index is 822. The molecule has 1 N–H and O–H groups in total. The van der Waals surface area contributed by atoms with Gasteiger partial charge in [-0.2, -0.15) is 0 Å². The van der Waals surface area contributed by atoms with Crippen molar-refractivity contribution in [1.82, 2.24) is 0 Å². The zero-order valence-electron chi connectivity index (χ0n) is 17.8. The fraction of sp³-hybridized carbons (Fsp3) is 0.478. The molecule has 0 bridgehead atoms. The molecule has 0 amide bonds. The highest BCUT2D eigenvalue weighted by molar-refractivity contribution is 5.89. The van der Waals surface area contributed by atoms with Crippen molar-refractivity contribution in [2.45, 2.75) is 55.4 Å². The Kier molecular flexibility index (Phi) is 5.60. The van der Waals surface area contributed by atoms with Crippen LogP contribution in [-0.2, 0) is 4.74 Å². The third-order valence-electron chi connectivity index (χ3n) is 6.25. The van der Waals surface area contributed by atoms with E-state index in [-0.39, 0.29) is 11.9 Å². The Hall–Kier alpha value is -2.16. The molecule has 0 saturated carbocycles. The van der Waals surface area contributed by atoms with Crippen molar-refractivity contribution >= 4 is 5.57 Å². The summed E-state index contributed by atoms with van der Waals surface area (Å²) in [6, 6.07) is 0. The summed E-state index contributed by atoms with van der Waals surface area (Å²) in [7, 11) is 3.25. The number of hydrogen-bond acceptors (Lipinski definition) is 3. The van der Waals surface area contributed by atoms with Crippen molar-refractivity contribution in [3.05, 3.63) is 56.1 Å². The van der Waals surface area contributed by atoms with Gasteiger partial charge in [0.05, 0.1) is 14.2 Å². The van der Waals surface area contributed by atoms with Gasteiger partial charge in [-0.05, 0) is 93.0 Å². The maximum atomic E-state index is 10.3. The Morgan fingerprint density at radius 3 is 1.73 bits per heavy atom. The minimum Gasteiger partial charge on any atom is -0.496 e. The summed E-state index contributed by atoms with van der Waals surface area (Å²) in [6.45, 7) is 17.1. The lowest BCUT2D eigenvalue weighted by Crippen LogP contribution is -2.17. The van der Waals surface area contributed by atoms with Crippen molar-refractivity contribution in [3.63, 3.8) is 0 Å². The van der Waals surface area contributed by atoms with E-state index in [4.69, 9.17) is 9.47 Å². The van der Waals surface area contributed by atoms with Crippen LogP contribution in [-0.4, -0.2) is 19.3 Å². The number of hydrogen-bond donors (Lipinski definition) is 1. The number of methoxy groups -OCH3 is 2. The highest BCUT2D eigenvalue weighted by Crippen LogP contribution is 2.47. The molecule has 142 valence electrons. The molecule has 2 rings (SSSR count). The Morgan fingerprint density at radius 2 is 1.31 bits per heavy atom. The number of rotatable bonds is 3. The predicted octanol–water partition coefficient (Wildman–Crippen LogP) is 6.10. The van der Waals surface area contributed by atoms with Crippen LogP contribution in [0.4, 0.5) is 0 Å². The van der Waals surface area contributed by atoms with Crippen LogP contribution in [0.1, 0.15) is 55.5 Å². The number of allylic oxidation sites excluding steroid dienone is 5. The third-order valence-corrected chi connectivity index (χ3v) is 6.25. The van der Waals surface area contributed by atoms with Gasteiger partial charge in [0.15, 0.2) is 0 Å². The molecule has 3 heteroatoms. The fourth-order valence-electron chi connectivity index (χ4n) is 4.24. The standard InChI is InChI=1S/C23H32O3/c1-11-13(3)21(23(24)26-10)14(4)12(2)19(11)20-15(5)17(7)22(25-9)18(8)16(20)6/h13,24H,1-10H3. The van der Waals surface area contributed by atoms with Gasteiger partial charge in [-0.3, -0.25) is 0 Å². The molecule has 0 spiro atoms. The molecule has 1 aromatic rings. The molecular weight excluding hydrogens is 324 g/mol. The molecule has 1 atom stereocenters. The molecule has 0 aromatic heterocycles. The highest BCUT2D eigenvalue weighted by atomic mass is 16.6. The quantitative estimate of drug-likeness (QED) is 0.665. The summed E-state index contributed by atoms with van der Waals surface area (Å²) >= 11 is 0. The van der Waals surface area contributed by atoms with Crippen molar-refractivity contribution in [2.24, 2.45) is 5.92 Å². The van der Waals surface area contributed by atoms with Crippen LogP contribution < -0.4 is 4.74 Å². The average molecular weight is 357 g/mol. The number of benzene rings is 1. The Labute approximate surface area is 158 Å². The van der Waals surface area contributed by atoms with Gasteiger partial charge in [-0.25, -0.2) is 0 Å². The summed E-state index contributed by atoms with van der Waals surface area (Å²) in [5.41, 5.74) is 11.9. The topological polar surface area (TPSA) is 38.7 Å². The van der Waals surface area contributed by atoms with E-state index in [1.54, 1.807) is 7.11 Å². The van der Waals surface area contributed by atoms with Crippen molar-refractivity contribution in [2.75, 3.05) is 14.2 Å². The zero-order chi connectivity index (χ0) is 19.9. The fourth-order valence-corrected chi connectivity index (χ4v) is 4.24. The van der Waals surface area contributed by atoms with Crippen LogP contribution in [0.5, 0.6) is 5.75 Å². The largest absolute Gasteiger partial charge is 0.496 e. The maximum Gasteiger partial charge on any atom is 0.280 e. The first-order valence-corrected chi connectivity index (χ1v) is 9.10. The van der Waals surface area contributed by atoms with Crippen LogP contribution in [0.25, 0.3) is 5.57 Å². The number of aliphatic hydroxyl groups is 1. The monoisotopic (exact) mass is 356 g/mol. The maximum absolute atomic E-state index is 10.3. The van der Waals surface area contributed by atoms with Gasteiger partial charge < -0.3 is 14.6 Å². The average Bonchev–Trinajstić information content (AvgIpc) is 2.61. The van der Waals surface area contributed by atoms with Crippen molar-refractivity contribution in [1.29, 1.82) is 0 Å². The van der Waals surface area contributed by atoms with E-state index in [9.17, 15) is 5.11 Å². The lowest BCUT2D eigenvalue weighted by Gasteiger charge is -2.32. The van der Waals surface area contributed by atoms with E-state index in [1.165, 1.54) is 51.6 Å². The predicted molar refractivity (Wildman–Crippen MR) is 109 cm³/mol. The van der Waals surface area contributed by atoms with Gasteiger partial charge in [-0.15, -0.1) is 0 Å². The van der Waals surface area contributed by atoms with Crippen LogP contribution >= 0.6 is 0 Å². The molecule has 0 radical (unpaired) electrons. The lowest BCUT2D eigenvalue weighted by atomic mass is 9.73. The SMILES string of the molecule is COC(O)=C1C(C)=C(C)C(c2c(C)c(C)c(OC)c(C)c2C)=C(C)C1C. The molecule has 26 heavy (non-hydrogen) atoms. The van der Waals surface area contributed by atoms with Crippen molar-refractivity contribution in [3.8, 4) is 5.75 Å². The molecule has 0 aliphatic heterocycles.